The molecule has 0 bridgehead atoms. The number of hydrogen-bond acceptors (Lipinski definition) is 5. The van der Waals surface area contributed by atoms with Crippen LogP contribution in [0, 0.1) is 6.92 Å². The number of anilines is 1. The van der Waals surface area contributed by atoms with Gasteiger partial charge in [0.2, 0.25) is 0 Å². The highest BCUT2D eigenvalue weighted by molar-refractivity contribution is 7.80. The van der Waals surface area contributed by atoms with Gasteiger partial charge in [0.1, 0.15) is 18.2 Å². The van der Waals surface area contributed by atoms with Crippen molar-refractivity contribution >= 4 is 34.0 Å². The molecule has 0 amide bonds. The Bertz CT molecular complexity index is 857. The van der Waals surface area contributed by atoms with Crippen LogP contribution in [0.2, 0.25) is 0 Å². The molecule has 2 aromatic heterocycles. The van der Waals surface area contributed by atoms with Gasteiger partial charge in [0, 0.05) is 23.2 Å². The first-order valence-electron chi connectivity index (χ1n) is 6.09. The number of rotatable bonds is 2. The molecular weight excluding hydrogens is 290 g/mol. The zero-order valence-corrected chi connectivity index (χ0v) is 11.8. The first-order valence-corrected chi connectivity index (χ1v) is 6.50. The molecule has 0 saturated carbocycles. The minimum absolute atomic E-state index is 0.365. The van der Waals surface area contributed by atoms with Gasteiger partial charge in [0.25, 0.3) is 0 Å². The fourth-order valence-electron chi connectivity index (χ4n) is 1.94. The quantitative estimate of drug-likeness (QED) is 0.549. The maximum Gasteiger partial charge on any atom is 0.336 e. The van der Waals surface area contributed by atoms with Crippen LogP contribution in [0.3, 0.4) is 0 Å². The molecule has 0 saturated heterocycles. The van der Waals surface area contributed by atoms with Gasteiger partial charge in [-0.15, -0.1) is 10.2 Å². The fraction of sp³-hybridized carbons (Fsp3) is 0.0769. The van der Waals surface area contributed by atoms with Gasteiger partial charge in [-0.05, 0) is 36.8 Å². The Morgan fingerprint density at radius 3 is 2.81 bits per heavy atom. The molecule has 8 heteroatoms. The van der Waals surface area contributed by atoms with E-state index in [1.165, 1.54) is 23.4 Å². The van der Waals surface area contributed by atoms with Crippen LogP contribution < -0.4 is 16.4 Å². The summed E-state index contributed by atoms with van der Waals surface area (Å²) < 4.78 is 6.70. The van der Waals surface area contributed by atoms with Crippen LogP contribution in [0.1, 0.15) is 5.56 Å². The molecule has 21 heavy (non-hydrogen) atoms. The van der Waals surface area contributed by atoms with E-state index >= 15 is 0 Å². The summed E-state index contributed by atoms with van der Waals surface area (Å²) in [6, 6.07) is 6.92. The van der Waals surface area contributed by atoms with Crippen molar-refractivity contribution in [2.45, 2.75) is 6.92 Å². The Morgan fingerprint density at radius 2 is 2.05 bits per heavy atom. The summed E-state index contributed by atoms with van der Waals surface area (Å²) in [5, 5.41) is 11.6. The molecular formula is C13H11N5O2S. The first-order chi connectivity index (χ1) is 10.1. The van der Waals surface area contributed by atoms with Crippen LogP contribution in [0.25, 0.3) is 11.0 Å². The Balaban J connectivity index is 1.84. The summed E-state index contributed by atoms with van der Waals surface area (Å²) >= 11 is 5.17. The highest BCUT2D eigenvalue weighted by Gasteiger charge is 2.04. The van der Waals surface area contributed by atoms with Gasteiger partial charge in [0.15, 0.2) is 5.11 Å². The maximum absolute atomic E-state index is 11.4. The van der Waals surface area contributed by atoms with Gasteiger partial charge in [-0.25, -0.2) is 9.47 Å². The van der Waals surface area contributed by atoms with Gasteiger partial charge in [0.05, 0.1) is 0 Å². The predicted molar refractivity (Wildman–Crippen MR) is 82.8 cm³/mol. The van der Waals surface area contributed by atoms with Gasteiger partial charge < -0.3 is 9.73 Å². The topological polar surface area (TPSA) is 85.0 Å². The van der Waals surface area contributed by atoms with Crippen molar-refractivity contribution < 1.29 is 4.42 Å². The second-order valence-electron chi connectivity index (χ2n) is 4.39. The van der Waals surface area contributed by atoms with Crippen LogP contribution in [-0.4, -0.2) is 20.0 Å². The SMILES string of the molecule is Cc1cc(=O)oc2cc(NC(=S)Nn3cnnc3)ccc12. The Hall–Kier alpha value is -2.74. The second-order valence-corrected chi connectivity index (χ2v) is 4.80. The Morgan fingerprint density at radius 1 is 1.29 bits per heavy atom. The Labute approximate surface area is 124 Å². The molecule has 0 unspecified atom stereocenters. The van der Waals surface area contributed by atoms with Crippen molar-refractivity contribution in [1.29, 1.82) is 0 Å². The number of hydrogen-bond donors (Lipinski definition) is 2. The summed E-state index contributed by atoms with van der Waals surface area (Å²) in [4.78, 5) is 11.4. The number of benzene rings is 1. The monoisotopic (exact) mass is 301 g/mol. The van der Waals surface area contributed by atoms with Gasteiger partial charge in [-0.1, -0.05) is 0 Å². The van der Waals surface area contributed by atoms with E-state index in [1.54, 1.807) is 6.07 Å². The standard InChI is InChI=1S/C13H11N5O2S/c1-8-4-12(19)20-11-5-9(2-3-10(8)11)16-13(21)17-18-6-14-15-7-18/h2-7H,1H3,(H2,16,17,21). The van der Waals surface area contributed by atoms with E-state index in [-0.39, 0.29) is 5.63 Å². The van der Waals surface area contributed by atoms with Crippen molar-refractivity contribution in [2.24, 2.45) is 0 Å². The minimum atomic E-state index is -0.373. The summed E-state index contributed by atoms with van der Waals surface area (Å²) in [7, 11) is 0. The van der Waals surface area contributed by atoms with E-state index in [0.29, 0.717) is 16.4 Å². The third-order valence-corrected chi connectivity index (χ3v) is 3.05. The molecule has 0 aliphatic carbocycles. The molecule has 0 spiro atoms. The number of fused-ring (bicyclic) bond motifs is 1. The van der Waals surface area contributed by atoms with Crippen molar-refractivity contribution in [2.75, 3.05) is 10.7 Å². The van der Waals surface area contributed by atoms with E-state index in [4.69, 9.17) is 16.6 Å². The van der Waals surface area contributed by atoms with E-state index in [1.807, 2.05) is 19.1 Å². The minimum Gasteiger partial charge on any atom is -0.423 e. The smallest absolute Gasteiger partial charge is 0.336 e. The zero-order chi connectivity index (χ0) is 14.8. The summed E-state index contributed by atoms with van der Waals surface area (Å²) in [6.07, 6.45) is 2.97. The lowest BCUT2D eigenvalue weighted by atomic mass is 10.1. The third kappa shape index (κ3) is 2.90. The van der Waals surface area contributed by atoms with E-state index in [0.717, 1.165) is 10.9 Å². The average molecular weight is 301 g/mol. The highest BCUT2D eigenvalue weighted by atomic mass is 32.1. The van der Waals surface area contributed by atoms with Crippen molar-refractivity contribution in [3.05, 3.63) is 52.9 Å². The van der Waals surface area contributed by atoms with Crippen molar-refractivity contribution in [3.63, 3.8) is 0 Å². The van der Waals surface area contributed by atoms with Crippen LogP contribution >= 0.6 is 12.2 Å². The fourth-order valence-corrected chi connectivity index (χ4v) is 2.16. The van der Waals surface area contributed by atoms with Crippen LogP contribution in [0.15, 0.2) is 46.1 Å². The van der Waals surface area contributed by atoms with Crippen molar-refractivity contribution in [1.82, 2.24) is 14.9 Å². The summed E-state index contributed by atoms with van der Waals surface area (Å²) in [6.45, 7) is 1.87. The molecule has 7 nitrogen and oxygen atoms in total. The molecule has 0 radical (unpaired) electrons. The lowest BCUT2D eigenvalue weighted by Gasteiger charge is -2.10. The second kappa shape index (κ2) is 5.33. The number of nitrogens with one attached hydrogen (secondary N) is 2. The van der Waals surface area contributed by atoms with Crippen LogP contribution in [0.4, 0.5) is 5.69 Å². The maximum atomic E-state index is 11.4. The molecule has 0 fully saturated rings. The van der Waals surface area contributed by atoms with Gasteiger partial charge in [-0.2, -0.15) is 0 Å². The van der Waals surface area contributed by atoms with E-state index in [9.17, 15) is 4.79 Å². The molecule has 0 atom stereocenters. The van der Waals surface area contributed by atoms with Gasteiger partial charge in [-0.3, -0.25) is 5.43 Å². The lowest BCUT2D eigenvalue weighted by molar-refractivity contribution is 0.560. The third-order valence-electron chi connectivity index (χ3n) is 2.86. The largest absolute Gasteiger partial charge is 0.423 e. The van der Waals surface area contributed by atoms with Gasteiger partial charge >= 0.3 is 5.63 Å². The highest BCUT2D eigenvalue weighted by Crippen LogP contribution is 2.20. The van der Waals surface area contributed by atoms with Crippen LogP contribution in [0.5, 0.6) is 0 Å². The number of thiocarbonyl (C=S) groups is 1. The summed E-state index contributed by atoms with van der Waals surface area (Å²) in [5.74, 6) is 0. The predicted octanol–water partition coefficient (Wildman–Crippen LogP) is 1.63. The number of aryl methyl sites for hydroxylation is 1. The average Bonchev–Trinajstić information content (AvgIpc) is 2.90. The number of nitrogens with zero attached hydrogens (tertiary/aromatic N) is 3. The lowest BCUT2D eigenvalue weighted by Crippen LogP contribution is -2.26. The van der Waals surface area contributed by atoms with E-state index < -0.39 is 0 Å². The number of aromatic nitrogens is 3. The Kier molecular flexibility index (Phi) is 3.36. The molecule has 106 valence electrons. The summed E-state index contributed by atoms with van der Waals surface area (Å²) in [5.41, 5.74) is 4.58. The van der Waals surface area contributed by atoms with Crippen LogP contribution in [-0.2, 0) is 0 Å². The molecule has 1 aromatic carbocycles. The molecule has 0 aliphatic heterocycles. The molecule has 3 aromatic rings. The molecule has 2 heterocycles. The molecule has 3 rings (SSSR count). The molecule has 2 N–H and O–H groups in total. The van der Waals surface area contributed by atoms with E-state index in [2.05, 4.69) is 20.9 Å². The zero-order valence-electron chi connectivity index (χ0n) is 11.0. The normalized spacial score (nSPS) is 10.5. The first kappa shape index (κ1) is 13.3. The van der Waals surface area contributed by atoms with Crippen molar-refractivity contribution in [3.8, 4) is 0 Å². The molecule has 0 aliphatic rings.